The number of carboxylic acids is 3. The quantitative estimate of drug-likeness (QED) is 0.0944. The Kier molecular flexibility index (Phi) is 43.2. The monoisotopic (exact) mass is 443 g/mol. The summed E-state index contributed by atoms with van der Waals surface area (Å²) in [7, 11) is 0. The fourth-order valence-corrected chi connectivity index (χ4v) is 1.68. The van der Waals surface area contributed by atoms with Gasteiger partial charge in [-0.05, 0) is 12.8 Å². The Hall–Kier alpha value is -2.25. The van der Waals surface area contributed by atoms with E-state index >= 15 is 0 Å². The summed E-state index contributed by atoms with van der Waals surface area (Å²) in [5, 5.41) is 24.8. The number of aliphatic imine (C=N–C) groups is 1. The molecule has 0 radical (unpaired) electrons. The lowest BCUT2D eigenvalue weighted by Crippen LogP contribution is -2.32. The predicted octanol–water partition coefficient (Wildman–Crippen LogP) is -6.46. The van der Waals surface area contributed by atoms with E-state index in [1.807, 2.05) is 0 Å². The second-order valence-corrected chi connectivity index (χ2v) is 5.28. The number of carbonyl (C=O) groups is 3. The number of nitrogens with zero attached hydrogens (tertiary/aromatic N) is 1. The zero-order chi connectivity index (χ0) is 18.4. The summed E-state index contributed by atoms with van der Waals surface area (Å²) in [6.07, 6.45) is 0.956. The molecule has 0 aromatic rings. The third-order valence-corrected chi connectivity index (χ3v) is 3.17. The van der Waals surface area contributed by atoms with Gasteiger partial charge in [0.15, 0.2) is 5.96 Å². The van der Waals surface area contributed by atoms with Crippen molar-refractivity contribution in [2.24, 2.45) is 27.9 Å². The highest BCUT2D eigenvalue weighted by Gasteiger charge is 2.11. The van der Waals surface area contributed by atoms with E-state index in [4.69, 9.17) is 38.3 Å². The van der Waals surface area contributed by atoms with Gasteiger partial charge in [-0.3, -0.25) is 19.4 Å². The summed E-state index contributed by atoms with van der Waals surface area (Å²) >= 11 is 0.992. The summed E-state index contributed by atoms with van der Waals surface area (Å²) < 4.78 is 0. The van der Waals surface area contributed by atoms with Crippen LogP contribution in [0.1, 0.15) is 12.8 Å². The maximum absolute atomic E-state index is 10.2. The Bertz CT molecular complexity index is 424. The molecule has 2 atom stereocenters. The van der Waals surface area contributed by atoms with Gasteiger partial charge in [-0.15, -0.1) is 11.8 Å². The molecule has 21 N–H and O–H groups in total. The van der Waals surface area contributed by atoms with Crippen molar-refractivity contribution < 1.29 is 57.1 Å². The van der Waals surface area contributed by atoms with Crippen molar-refractivity contribution in [3.8, 4) is 0 Å². The molecule has 0 heterocycles. The van der Waals surface area contributed by atoms with Gasteiger partial charge in [-0.1, -0.05) is 0 Å². The van der Waals surface area contributed by atoms with Crippen molar-refractivity contribution >= 4 is 35.6 Å². The minimum absolute atomic E-state index is 0. The van der Waals surface area contributed by atoms with Crippen molar-refractivity contribution in [2.75, 3.05) is 18.1 Å². The average molecular weight is 443 g/mol. The molecule has 0 spiro atoms. The number of rotatable bonds is 10. The molecular weight excluding hydrogens is 410 g/mol. The van der Waals surface area contributed by atoms with Gasteiger partial charge in [0.05, 0.1) is 5.75 Å². The van der Waals surface area contributed by atoms with E-state index in [1.165, 1.54) is 0 Å². The first-order chi connectivity index (χ1) is 10.6. The van der Waals surface area contributed by atoms with Crippen LogP contribution >= 0.6 is 11.8 Å². The third kappa shape index (κ3) is 35.0. The molecule has 0 unspecified atom stereocenters. The van der Waals surface area contributed by atoms with Gasteiger partial charge in [-0.25, -0.2) is 0 Å². The van der Waals surface area contributed by atoms with Crippen LogP contribution in [-0.4, -0.2) is 96.7 Å². The Balaban J connectivity index is -0.0000000536. The first kappa shape index (κ1) is 44.9. The van der Waals surface area contributed by atoms with Gasteiger partial charge < -0.3 is 65.6 Å². The van der Waals surface area contributed by atoms with E-state index in [2.05, 4.69) is 4.99 Å². The predicted molar refractivity (Wildman–Crippen MR) is 104 cm³/mol. The molecule has 17 heteroatoms. The van der Waals surface area contributed by atoms with E-state index in [-0.39, 0.29) is 44.8 Å². The van der Waals surface area contributed by atoms with E-state index in [0.717, 1.165) is 11.8 Å². The number of nitrogens with two attached hydrogens (primary N) is 4. The van der Waals surface area contributed by atoms with Gasteiger partial charge in [0.1, 0.15) is 12.1 Å². The number of carboxylic acid groups (broad SMARTS) is 3. The minimum Gasteiger partial charge on any atom is -0.481 e. The molecule has 174 valence electrons. The summed E-state index contributed by atoms with van der Waals surface area (Å²) in [5.41, 5.74) is 20.4. The highest BCUT2D eigenvalue weighted by atomic mass is 32.2. The van der Waals surface area contributed by atoms with Crippen LogP contribution in [0.3, 0.4) is 0 Å². The fraction of sp³-hybridized carbons (Fsp3) is 0.636. The minimum atomic E-state index is -1.11. The highest BCUT2D eigenvalue weighted by Crippen LogP contribution is 2.00. The molecule has 0 saturated heterocycles. The van der Waals surface area contributed by atoms with Crippen molar-refractivity contribution in [2.45, 2.75) is 24.9 Å². The molecule has 0 aliphatic heterocycles. The molecule has 0 bridgehead atoms. The molecular formula is C11H33N5O11S. The zero-order valence-electron chi connectivity index (χ0n) is 14.9. The summed E-state index contributed by atoms with van der Waals surface area (Å²) in [5.74, 6) is -3.04. The molecule has 0 aromatic carbocycles. The molecule has 0 fully saturated rings. The standard InChI is InChI=1S/C6H14N4O2.C5H9NO4S.5H2O/c7-4(5(11)12)2-1-3-10-6(8)9;6-3(5(9)10)1-11-2-4(7)8;;;;;/h4H,1-3,7H2,(H,11,12)(H4,8,9,10);3H,1-2,6H2,(H,7,8)(H,9,10);5*1H2/t4-;3-;;;;;/m00...../s1. The lowest BCUT2D eigenvalue weighted by atomic mass is 10.2. The zero-order valence-corrected chi connectivity index (χ0v) is 15.7. The van der Waals surface area contributed by atoms with Crippen molar-refractivity contribution in [1.29, 1.82) is 0 Å². The molecule has 28 heavy (non-hydrogen) atoms. The molecule has 0 aromatic heterocycles. The first-order valence-electron chi connectivity index (χ1n) is 6.39. The SMILES string of the molecule is NC(N)=NCCC[C@H](N)C(=O)O.N[C@@H](CSCC(=O)O)C(=O)O.O.O.O.O.O. The number of hydrogen-bond donors (Lipinski definition) is 7. The molecule has 0 amide bonds. The van der Waals surface area contributed by atoms with Crippen LogP contribution in [0.5, 0.6) is 0 Å². The van der Waals surface area contributed by atoms with E-state index in [0.29, 0.717) is 19.4 Å². The molecule has 0 saturated carbocycles. The maximum Gasteiger partial charge on any atom is 0.321 e. The van der Waals surface area contributed by atoms with Gasteiger partial charge in [0.2, 0.25) is 0 Å². The molecule has 0 aliphatic carbocycles. The number of guanidine groups is 1. The van der Waals surface area contributed by atoms with Crippen LogP contribution < -0.4 is 22.9 Å². The summed E-state index contributed by atoms with van der Waals surface area (Å²) in [6.45, 7) is 0.420. The van der Waals surface area contributed by atoms with E-state index < -0.39 is 30.0 Å². The lowest BCUT2D eigenvalue weighted by Gasteiger charge is -2.03. The lowest BCUT2D eigenvalue weighted by molar-refractivity contribution is -0.139. The normalized spacial score (nSPS) is 10.1. The largest absolute Gasteiger partial charge is 0.481 e. The summed E-state index contributed by atoms with van der Waals surface area (Å²) in [4.78, 5) is 33.9. The molecule has 0 aliphatic rings. The molecule has 0 rings (SSSR count). The van der Waals surface area contributed by atoms with Gasteiger partial charge in [-0.2, -0.15) is 0 Å². The third-order valence-electron chi connectivity index (χ3n) is 2.12. The molecule has 16 nitrogen and oxygen atoms in total. The van der Waals surface area contributed by atoms with Crippen LogP contribution in [0.2, 0.25) is 0 Å². The fourth-order valence-electron chi connectivity index (χ4n) is 0.987. The van der Waals surface area contributed by atoms with Crippen LogP contribution in [0.25, 0.3) is 0 Å². The second-order valence-electron chi connectivity index (χ2n) is 4.25. The summed E-state index contributed by atoms with van der Waals surface area (Å²) in [6, 6.07) is -1.79. The average Bonchev–Trinajstić information content (AvgIpc) is 2.43. The highest BCUT2D eigenvalue weighted by molar-refractivity contribution is 8.00. The van der Waals surface area contributed by atoms with Gasteiger partial charge in [0.25, 0.3) is 0 Å². The Morgan fingerprint density at radius 3 is 1.61 bits per heavy atom. The van der Waals surface area contributed by atoms with Crippen molar-refractivity contribution in [3.63, 3.8) is 0 Å². The van der Waals surface area contributed by atoms with Crippen LogP contribution in [0, 0.1) is 0 Å². The maximum atomic E-state index is 10.2. The number of thioether (sulfide) groups is 1. The number of hydrogen-bond acceptors (Lipinski definition) is 7. The van der Waals surface area contributed by atoms with Crippen molar-refractivity contribution in [3.05, 3.63) is 0 Å². The first-order valence-corrected chi connectivity index (χ1v) is 7.55. The van der Waals surface area contributed by atoms with E-state index in [9.17, 15) is 14.4 Å². The van der Waals surface area contributed by atoms with Crippen LogP contribution in [0.15, 0.2) is 4.99 Å². The smallest absolute Gasteiger partial charge is 0.321 e. The Morgan fingerprint density at radius 2 is 1.29 bits per heavy atom. The topological polar surface area (TPSA) is 386 Å². The van der Waals surface area contributed by atoms with Crippen LogP contribution in [-0.2, 0) is 14.4 Å². The van der Waals surface area contributed by atoms with E-state index in [1.54, 1.807) is 0 Å². The second kappa shape index (κ2) is 27.0. The van der Waals surface area contributed by atoms with Gasteiger partial charge in [0, 0.05) is 12.3 Å². The Morgan fingerprint density at radius 1 is 0.857 bits per heavy atom. The van der Waals surface area contributed by atoms with Crippen LogP contribution in [0.4, 0.5) is 0 Å². The van der Waals surface area contributed by atoms with Gasteiger partial charge >= 0.3 is 17.9 Å². The van der Waals surface area contributed by atoms with Crippen molar-refractivity contribution in [1.82, 2.24) is 0 Å². The Labute approximate surface area is 164 Å². The number of aliphatic carboxylic acids is 3.